The fourth-order valence-corrected chi connectivity index (χ4v) is 6.68. The summed E-state index contributed by atoms with van der Waals surface area (Å²) in [5, 5.41) is 0. The highest BCUT2D eigenvalue weighted by Gasteiger charge is 2.14. The van der Waals surface area contributed by atoms with E-state index in [9.17, 15) is 0 Å². The van der Waals surface area contributed by atoms with Crippen LogP contribution in [-0.4, -0.2) is 17.1 Å². The lowest BCUT2D eigenvalue weighted by atomic mass is 9.98. The second kappa shape index (κ2) is 14.7. The number of hydrogen-bond acceptors (Lipinski definition) is 3. The minimum Gasteiger partial charge on any atom is -0.496 e. The van der Waals surface area contributed by atoms with Gasteiger partial charge in [-0.3, -0.25) is 0 Å². The second-order valence-electron chi connectivity index (χ2n) is 12.9. The third-order valence-electron chi connectivity index (χ3n) is 9.66. The summed E-state index contributed by atoms with van der Waals surface area (Å²) >= 11 is 0. The van der Waals surface area contributed by atoms with Gasteiger partial charge in [-0.15, -0.1) is 0 Å². The Hall–Kier alpha value is -6.58. The Morgan fingerprint density at radius 3 is 1.12 bits per heavy atom. The molecule has 250 valence electrons. The molecule has 1 heterocycles. The molecular formula is C49H38N2O. The Labute approximate surface area is 305 Å². The molecule has 0 aliphatic carbocycles. The van der Waals surface area contributed by atoms with Crippen molar-refractivity contribution >= 4 is 0 Å². The number of hydrogen-bond donors (Lipinski definition) is 0. The number of rotatable bonds is 9. The number of methoxy groups -OCH3 is 1. The van der Waals surface area contributed by atoms with Gasteiger partial charge in [0.2, 0.25) is 0 Å². The van der Waals surface area contributed by atoms with E-state index in [2.05, 4.69) is 177 Å². The molecule has 52 heavy (non-hydrogen) atoms. The van der Waals surface area contributed by atoms with E-state index in [4.69, 9.17) is 14.7 Å². The van der Waals surface area contributed by atoms with Crippen LogP contribution in [0.2, 0.25) is 0 Å². The Bertz CT molecular complexity index is 2270. The molecule has 3 heteroatoms. The Kier molecular flexibility index (Phi) is 9.23. The van der Waals surface area contributed by atoms with Gasteiger partial charge in [0.1, 0.15) is 5.75 Å². The van der Waals surface area contributed by atoms with Crippen molar-refractivity contribution in [2.45, 2.75) is 13.3 Å². The normalized spacial score (nSPS) is 11.0. The highest BCUT2D eigenvalue weighted by Crippen LogP contribution is 2.33. The van der Waals surface area contributed by atoms with Crippen LogP contribution in [0.1, 0.15) is 12.5 Å². The summed E-state index contributed by atoms with van der Waals surface area (Å²) in [6, 6.07) is 64.0. The van der Waals surface area contributed by atoms with E-state index in [1.165, 1.54) is 38.9 Å². The van der Waals surface area contributed by atoms with Crippen LogP contribution < -0.4 is 4.74 Å². The zero-order valence-corrected chi connectivity index (χ0v) is 29.3. The lowest BCUT2D eigenvalue weighted by Gasteiger charge is -2.13. The summed E-state index contributed by atoms with van der Waals surface area (Å²) in [5.41, 5.74) is 15.3. The van der Waals surface area contributed by atoms with Crippen LogP contribution in [0.3, 0.4) is 0 Å². The van der Waals surface area contributed by atoms with Gasteiger partial charge in [-0.2, -0.15) is 0 Å². The van der Waals surface area contributed by atoms with E-state index in [1.807, 2.05) is 12.1 Å². The first-order valence-corrected chi connectivity index (χ1v) is 17.7. The Morgan fingerprint density at radius 2 is 0.712 bits per heavy atom. The van der Waals surface area contributed by atoms with E-state index in [1.54, 1.807) is 7.11 Å². The van der Waals surface area contributed by atoms with E-state index in [-0.39, 0.29) is 0 Å². The van der Waals surface area contributed by atoms with Crippen molar-refractivity contribution < 1.29 is 4.74 Å². The summed E-state index contributed by atoms with van der Waals surface area (Å²) in [6.45, 7) is 2.14. The number of benzene rings is 7. The summed E-state index contributed by atoms with van der Waals surface area (Å²) in [4.78, 5) is 10.2. The van der Waals surface area contributed by atoms with Crippen LogP contribution in [-0.2, 0) is 6.42 Å². The van der Waals surface area contributed by atoms with Gasteiger partial charge in [0.05, 0.1) is 18.5 Å². The zero-order chi connectivity index (χ0) is 35.3. The summed E-state index contributed by atoms with van der Waals surface area (Å²) in [7, 11) is 1.72. The maximum atomic E-state index is 5.76. The zero-order valence-electron chi connectivity index (χ0n) is 29.3. The molecule has 0 atom stereocenters. The van der Waals surface area contributed by atoms with Gasteiger partial charge in [-0.1, -0.05) is 177 Å². The van der Waals surface area contributed by atoms with Crippen LogP contribution in [0.15, 0.2) is 182 Å². The predicted molar refractivity (Wildman–Crippen MR) is 216 cm³/mol. The molecule has 8 rings (SSSR count). The molecule has 0 bridgehead atoms. The van der Waals surface area contributed by atoms with Crippen LogP contribution in [0.4, 0.5) is 0 Å². The third-order valence-corrected chi connectivity index (χ3v) is 9.66. The molecule has 0 unspecified atom stereocenters. The first-order valence-electron chi connectivity index (χ1n) is 17.7. The van der Waals surface area contributed by atoms with Crippen molar-refractivity contribution in [2.75, 3.05) is 7.11 Å². The molecule has 0 saturated carbocycles. The quantitative estimate of drug-likeness (QED) is 0.153. The molecule has 0 spiro atoms. The van der Waals surface area contributed by atoms with Crippen LogP contribution >= 0.6 is 0 Å². The molecule has 8 aromatic rings. The molecule has 0 saturated heterocycles. The van der Waals surface area contributed by atoms with Crippen molar-refractivity contribution in [3.05, 3.63) is 188 Å². The molecule has 0 amide bonds. The topological polar surface area (TPSA) is 35.0 Å². The van der Waals surface area contributed by atoms with E-state index >= 15 is 0 Å². The largest absolute Gasteiger partial charge is 0.496 e. The highest BCUT2D eigenvalue weighted by atomic mass is 16.5. The predicted octanol–water partition coefficient (Wildman–Crippen LogP) is 12.7. The fraction of sp³-hybridized carbons (Fsp3) is 0.0612. The summed E-state index contributed by atoms with van der Waals surface area (Å²) in [6.07, 6.45) is 0.895. The third kappa shape index (κ3) is 6.90. The Balaban J connectivity index is 1.12. The van der Waals surface area contributed by atoms with Crippen LogP contribution in [0, 0.1) is 0 Å². The maximum absolute atomic E-state index is 5.76. The molecule has 0 aliphatic rings. The number of nitrogens with zero attached hydrogens (tertiary/aromatic N) is 2. The Morgan fingerprint density at radius 1 is 0.365 bits per heavy atom. The maximum Gasteiger partial charge on any atom is 0.160 e. The summed E-state index contributed by atoms with van der Waals surface area (Å²) in [5.74, 6) is 1.55. The monoisotopic (exact) mass is 670 g/mol. The molecule has 0 fully saturated rings. The highest BCUT2D eigenvalue weighted by molar-refractivity contribution is 5.77. The van der Waals surface area contributed by atoms with Crippen molar-refractivity contribution in [2.24, 2.45) is 0 Å². The molecule has 3 nitrogen and oxygen atoms in total. The van der Waals surface area contributed by atoms with Crippen molar-refractivity contribution in [3.8, 4) is 84.2 Å². The average molecular weight is 671 g/mol. The molecule has 1 aromatic heterocycles. The number of aryl methyl sites for hydroxylation is 1. The fourth-order valence-electron chi connectivity index (χ4n) is 6.68. The van der Waals surface area contributed by atoms with Crippen molar-refractivity contribution in [1.82, 2.24) is 9.97 Å². The number of ether oxygens (including phenoxy) is 1. The average Bonchev–Trinajstić information content (AvgIpc) is 3.24. The van der Waals surface area contributed by atoms with Gasteiger partial charge in [-0.25, -0.2) is 9.97 Å². The molecular weight excluding hydrogens is 633 g/mol. The van der Waals surface area contributed by atoms with E-state index in [0.29, 0.717) is 5.82 Å². The van der Waals surface area contributed by atoms with Crippen molar-refractivity contribution in [3.63, 3.8) is 0 Å². The summed E-state index contributed by atoms with van der Waals surface area (Å²) < 4.78 is 5.76. The molecule has 0 radical (unpaired) electrons. The van der Waals surface area contributed by atoms with E-state index < -0.39 is 0 Å². The van der Waals surface area contributed by atoms with Gasteiger partial charge < -0.3 is 4.74 Å². The first-order chi connectivity index (χ1) is 25.6. The van der Waals surface area contributed by atoms with Gasteiger partial charge in [-0.05, 0) is 68.6 Å². The van der Waals surface area contributed by atoms with Gasteiger partial charge >= 0.3 is 0 Å². The standard InChI is InChI=1S/C49H38N2O/c1-3-34-14-31-45(32-48(34)52-2)47-33-46(43-27-23-41(24-28-43)39-19-15-37(16-20-39)35-10-6-4-7-11-35)50-49(51-47)44-29-25-42(26-30-44)40-21-17-38(18-22-40)36-12-8-5-9-13-36/h4-33H,3H2,1-2H3. The number of aromatic nitrogens is 2. The molecule has 7 aromatic carbocycles. The van der Waals surface area contributed by atoms with Gasteiger partial charge in [0.15, 0.2) is 5.82 Å². The first kappa shape index (κ1) is 32.6. The second-order valence-corrected chi connectivity index (χ2v) is 12.9. The molecule has 0 aliphatic heterocycles. The van der Waals surface area contributed by atoms with Gasteiger partial charge in [0.25, 0.3) is 0 Å². The SMILES string of the molecule is CCc1ccc(-c2cc(-c3ccc(-c4ccc(-c5ccccc5)cc4)cc3)nc(-c3ccc(-c4ccc(-c5ccccc5)cc4)cc3)n2)cc1OC. The lowest BCUT2D eigenvalue weighted by Crippen LogP contribution is -1.97. The smallest absolute Gasteiger partial charge is 0.160 e. The minimum atomic E-state index is 0.678. The lowest BCUT2D eigenvalue weighted by molar-refractivity contribution is 0.410. The van der Waals surface area contributed by atoms with E-state index in [0.717, 1.165) is 51.4 Å². The minimum absolute atomic E-state index is 0.678. The van der Waals surface area contributed by atoms with Crippen LogP contribution in [0.5, 0.6) is 5.75 Å². The van der Waals surface area contributed by atoms with Crippen LogP contribution in [0.25, 0.3) is 78.4 Å². The molecule has 0 N–H and O–H groups in total. The van der Waals surface area contributed by atoms with Crippen molar-refractivity contribution in [1.29, 1.82) is 0 Å². The van der Waals surface area contributed by atoms with Gasteiger partial charge in [0, 0.05) is 16.7 Å².